The van der Waals surface area contributed by atoms with Crippen molar-refractivity contribution >= 4 is 11.8 Å². The Labute approximate surface area is 143 Å². The Morgan fingerprint density at radius 3 is 2.75 bits per heavy atom. The van der Waals surface area contributed by atoms with Crippen LogP contribution in [0.3, 0.4) is 0 Å². The average Bonchev–Trinajstić information content (AvgIpc) is 2.60. The molecule has 2 N–H and O–H groups in total. The molecule has 0 saturated carbocycles. The van der Waals surface area contributed by atoms with Crippen molar-refractivity contribution in [3.63, 3.8) is 0 Å². The van der Waals surface area contributed by atoms with Crippen molar-refractivity contribution < 1.29 is 19.4 Å². The van der Waals surface area contributed by atoms with Gasteiger partial charge >= 0.3 is 0 Å². The molecule has 0 aromatic heterocycles. The highest BCUT2D eigenvalue weighted by Gasteiger charge is 2.34. The standard InChI is InChI=1S/C17H29N3O4/c1-18-15(21)5-7-17(23)6-3-9-20(14-17)16(22)4-2-8-19-10-12-24-13-11-19/h2,4,23H,3,5-14H2,1H3,(H,18,21)/b4-2+/t17-/m0/s1. The molecule has 2 aliphatic heterocycles. The van der Waals surface area contributed by atoms with E-state index in [9.17, 15) is 14.7 Å². The van der Waals surface area contributed by atoms with Crippen molar-refractivity contribution in [1.29, 1.82) is 0 Å². The van der Waals surface area contributed by atoms with Gasteiger partial charge in [-0.3, -0.25) is 14.5 Å². The van der Waals surface area contributed by atoms with Crippen molar-refractivity contribution in [2.45, 2.75) is 31.3 Å². The largest absolute Gasteiger partial charge is 0.388 e. The van der Waals surface area contributed by atoms with Gasteiger partial charge in [-0.1, -0.05) is 6.08 Å². The summed E-state index contributed by atoms with van der Waals surface area (Å²) in [6, 6.07) is 0. The third-order valence-electron chi connectivity index (χ3n) is 4.69. The minimum atomic E-state index is -0.960. The summed E-state index contributed by atoms with van der Waals surface area (Å²) in [5.74, 6) is -0.154. The molecule has 0 bridgehead atoms. The predicted octanol–water partition coefficient (Wildman–Crippen LogP) is -0.245. The first-order valence-corrected chi connectivity index (χ1v) is 8.71. The number of ether oxygens (including phenoxy) is 1. The van der Waals surface area contributed by atoms with Crippen LogP contribution in [0.2, 0.25) is 0 Å². The molecule has 0 aliphatic carbocycles. The topological polar surface area (TPSA) is 82.1 Å². The van der Waals surface area contributed by atoms with Crippen LogP contribution in [-0.4, -0.2) is 85.3 Å². The second kappa shape index (κ2) is 9.15. The Kier molecular flexibility index (Phi) is 7.20. The number of piperidine rings is 1. The maximum atomic E-state index is 12.3. The fourth-order valence-electron chi connectivity index (χ4n) is 3.17. The Morgan fingerprint density at radius 2 is 2.04 bits per heavy atom. The summed E-state index contributed by atoms with van der Waals surface area (Å²) in [7, 11) is 1.59. The molecule has 24 heavy (non-hydrogen) atoms. The highest BCUT2D eigenvalue weighted by molar-refractivity contribution is 5.87. The molecule has 1 atom stereocenters. The third kappa shape index (κ3) is 5.89. The van der Waals surface area contributed by atoms with E-state index in [0.29, 0.717) is 25.9 Å². The van der Waals surface area contributed by atoms with Gasteiger partial charge in [0.1, 0.15) is 0 Å². The van der Waals surface area contributed by atoms with Crippen molar-refractivity contribution in [2.24, 2.45) is 0 Å². The Bertz CT molecular complexity index is 463. The number of nitrogens with zero attached hydrogens (tertiary/aromatic N) is 2. The van der Waals surface area contributed by atoms with Crippen molar-refractivity contribution in [1.82, 2.24) is 15.1 Å². The summed E-state index contributed by atoms with van der Waals surface area (Å²) in [5, 5.41) is 13.2. The van der Waals surface area contributed by atoms with E-state index in [-0.39, 0.29) is 18.2 Å². The first kappa shape index (κ1) is 18.9. The molecule has 7 nitrogen and oxygen atoms in total. The molecule has 0 radical (unpaired) electrons. The van der Waals surface area contributed by atoms with Crippen LogP contribution in [0.5, 0.6) is 0 Å². The van der Waals surface area contributed by atoms with E-state index in [1.54, 1.807) is 18.0 Å². The monoisotopic (exact) mass is 339 g/mol. The highest BCUT2D eigenvalue weighted by atomic mass is 16.5. The maximum absolute atomic E-state index is 12.3. The first-order valence-electron chi connectivity index (χ1n) is 8.71. The summed E-state index contributed by atoms with van der Waals surface area (Å²) in [6.45, 7) is 4.96. The summed E-state index contributed by atoms with van der Waals surface area (Å²) in [4.78, 5) is 27.6. The van der Waals surface area contributed by atoms with Crippen LogP contribution in [0.1, 0.15) is 25.7 Å². The van der Waals surface area contributed by atoms with Gasteiger partial charge in [0.25, 0.3) is 0 Å². The minimum absolute atomic E-state index is 0.0682. The Balaban J connectivity index is 1.79. The zero-order valence-corrected chi connectivity index (χ0v) is 14.5. The van der Waals surface area contributed by atoms with Crippen LogP contribution < -0.4 is 5.32 Å². The lowest BCUT2D eigenvalue weighted by Gasteiger charge is -2.39. The summed E-state index contributed by atoms with van der Waals surface area (Å²) < 4.78 is 5.30. The number of amides is 2. The molecule has 0 spiro atoms. The molecule has 2 saturated heterocycles. The van der Waals surface area contributed by atoms with Crippen LogP contribution in [0, 0.1) is 0 Å². The number of aliphatic hydroxyl groups is 1. The number of morpholine rings is 1. The number of carbonyl (C=O) groups is 2. The minimum Gasteiger partial charge on any atom is -0.388 e. The number of hydrogen-bond acceptors (Lipinski definition) is 5. The van der Waals surface area contributed by atoms with Gasteiger partial charge < -0.3 is 20.1 Å². The summed E-state index contributed by atoms with van der Waals surface area (Å²) in [5.41, 5.74) is -0.960. The zero-order chi connectivity index (χ0) is 17.4. The molecule has 2 amide bonds. The van der Waals surface area contributed by atoms with E-state index < -0.39 is 5.60 Å². The molecule has 0 unspecified atom stereocenters. The number of nitrogens with one attached hydrogen (secondary N) is 1. The van der Waals surface area contributed by atoms with Crippen molar-refractivity contribution in [2.75, 3.05) is 53.0 Å². The van der Waals surface area contributed by atoms with Gasteiger partial charge in [0, 0.05) is 52.3 Å². The number of likely N-dealkylation sites (tertiary alicyclic amines) is 1. The second-order valence-corrected chi connectivity index (χ2v) is 6.58. The van der Waals surface area contributed by atoms with Gasteiger partial charge in [-0.15, -0.1) is 0 Å². The molecular formula is C17H29N3O4. The van der Waals surface area contributed by atoms with Crippen molar-refractivity contribution in [3.8, 4) is 0 Å². The quantitative estimate of drug-likeness (QED) is 0.653. The molecule has 136 valence electrons. The predicted molar refractivity (Wildman–Crippen MR) is 90.5 cm³/mol. The van der Waals surface area contributed by atoms with Gasteiger partial charge in [-0.05, 0) is 19.3 Å². The second-order valence-electron chi connectivity index (χ2n) is 6.58. The molecule has 2 heterocycles. The van der Waals surface area contributed by atoms with Crippen LogP contribution in [-0.2, 0) is 14.3 Å². The van der Waals surface area contributed by atoms with Gasteiger partial charge in [0.05, 0.1) is 18.8 Å². The lowest BCUT2D eigenvalue weighted by Crippen LogP contribution is -2.50. The number of β-amino-alcohol motifs (C(OH)–C–C–N with tert-alkyl or cyclic N) is 1. The first-order chi connectivity index (χ1) is 11.5. The van der Waals surface area contributed by atoms with Crippen LogP contribution in [0.25, 0.3) is 0 Å². The molecule has 0 aromatic rings. The van der Waals surface area contributed by atoms with E-state index in [0.717, 1.165) is 39.3 Å². The fraction of sp³-hybridized carbons (Fsp3) is 0.765. The van der Waals surface area contributed by atoms with Crippen molar-refractivity contribution in [3.05, 3.63) is 12.2 Å². The third-order valence-corrected chi connectivity index (χ3v) is 4.69. The Hall–Kier alpha value is -1.44. The van der Waals surface area contributed by atoms with E-state index in [4.69, 9.17) is 4.74 Å². The normalized spacial score (nSPS) is 25.8. The molecule has 0 aromatic carbocycles. The van der Waals surface area contributed by atoms with E-state index in [2.05, 4.69) is 10.2 Å². The number of hydrogen-bond donors (Lipinski definition) is 2. The molecule has 2 fully saturated rings. The highest BCUT2D eigenvalue weighted by Crippen LogP contribution is 2.26. The zero-order valence-electron chi connectivity index (χ0n) is 14.5. The van der Waals surface area contributed by atoms with E-state index >= 15 is 0 Å². The molecule has 7 heteroatoms. The lowest BCUT2D eigenvalue weighted by atomic mass is 9.88. The van der Waals surface area contributed by atoms with Gasteiger partial charge in [0.15, 0.2) is 0 Å². The van der Waals surface area contributed by atoms with Crippen LogP contribution in [0.4, 0.5) is 0 Å². The SMILES string of the molecule is CNC(=O)CC[C@@]1(O)CCCN(C(=O)/C=C/CN2CCOCC2)C1. The summed E-state index contributed by atoms with van der Waals surface area (Å²) in [6.07, 6.45) is 5.53. The summed E-state index contributed by atoms with van der Waals surface area (Å²) >= 11 is 0. The number of carbonyl (C=O) groups excluding carboxylic acids is 2. The number of rotatable bonds is 6. The molecule has 2 rings (SSSR count). The molecular weight excluding hydrogens is 310 g/mol. The lowest BCUT2D eigenvalue weighted by molar-refractivity contribution is -0.134. The van der Waals surface area contributed by atoms with Crippen LogP contribution >= 0.6 is 0 Å². The fourth-order valence-corrected chi connectivity index (χ4v) is 3.17. The maximum Gasteiger partial charge on any atom is 0.246 e. The van der Waals surface area contributed by atoms with E-state index in [1.165, 1.54) is 0 Å². The average molecular weight is 339 g/mol. The van der Waals surface area contributed by atoms with Crippen LogP contribution in [0.15, 0.2) is 12.2 Å². The van der Waals surface area contributed by atoms with Gasteiger partial charge in [-0.25, -0.2) is 0 Å². The Morgan fingerprint density at radius 1 is 1.29 bits per heavy atom. The smallest absolute Gasteiger partial charge is 0.246 e. The van der Waals surface area contributed by atoms with Gasteiger partial charge in [-0.2, -0.15) is 0 Å². The van der Waals surface area contributed by atoms with Gasteiger partial charge in [0.2, 0.25) is 11.8 Å². The molecule has 2 aliphatic rings. The van der Waals surface area contributed by atoms with E-state index in [1.807, 2.05) is 6.08 Å².